The van der Waals surface area contributed by atoms with Crippen molar-refractivity contribution in [3.05, 3.63) is 23.5 Å². The molecule has 0 saturated carbocycles. The second kappa shape index (κ2) is 8.12. The molecule has 2 rings (SSSR count). The molecule has 0 aromatic heterocycles. The SMILES string of the molecule is COc1cc(F)c(CN2CCNC[C@@H](CC(=O)O)C2)cc1OC. The minimum Gasteiger partial charge on any atom is -0.493 e. The van der Waals surface area contributed by atoms with Crippen LogP contribution in [0.1, 0.15) is 12.0 Å². The van der Waals surface area contributed by atoms with E-state index in [-0.39, 0.29) is 18.2 Å². The highest BCUT2D eigenvalue weighted by Gasteiger charge is 2.22. The number of halogens is 1. The van der Waals surface area contributed by atoms with Crippen LogP contribution in [0.15, 0.2) is 12.1 Å². The molecule has 1 saturated heterocycles. The van der Waals surface area contributed by atoms with Gasteiger partial charge in [-0.25, -0.2) is 4.39 Å². The second-order valence-electron chi connectivity index (χ2n) is 5.70. The molecule has 0 spiro atoms. The number of nitrogens with zero attached hydrogens (tertiary/aromatic N) is 1. The number of hydrogen-bond acceptors (Lipinski definition) is 5. The Labute approximate surface area is 135 Å². The van der Waals surface area contributed by atoms with Crippen LogP contribution < -0.4 is 14.8 Å². The van der Waals surface area contributed by atoms with E-state index < -0.39 is 5.97 Å². The molecule has 0 radical (unpaired) electrons. The number of rotatable bonds is 6. The third-order valence-electron chi connectivity index (χ3n) is 3.96. The summed E-state index contributed by atoms with van der Waals surface area (Å²) in [6, 6.07) is 2.96. The Morgan fingerprint density at radius 3 is 2.74 bits per heavy atom. The number of benzene rings is 1. The molecule has 23 heavy (non-hydrogen) atoms. The van der Waals surface area contributed by atoms with Crippen LogP contribution in [0.25, 0.3) is 0 Å². The third kappa shape index (κ3) is 4.80. The predicted octanol–water partition coefficient (Wildman–Crippen LogP) is 1.34. The van der Waals surface area contributed by atoms with Gasteiger partial charge in [-0.15, -0.1) is 0 Å². The average Bonchev–Trinajstić information content (AvgIpc) is 2.73. The molecule has 1 fully saturated rings. The van der Waals surface area contributed by atoms with Crippen LogP contribution >= 0.6 is 0 Å². The molecule has 1 aliphatic heterocycles. The van der Waals surface area contributed by atoms with Crippen LogP contribution in [-0.2, 0) is 11.3 Å². The highest BCUT2D eigenvalue weighted by Crippen LogP contribution is 2.30. The second-order valence-corrected chi connectivity index (χ2v) is 5.70. The maximum Gasteiger partial charge on any atom is 0.303 e. The number of carboxylic acids is 1. The summed E-state index contributed by atoms with van der Waals surface area (Å²) >= 11 is 0. The topological polar surface area (TPSA) is 71.0 Å². The zero-order valence-corrected chi connectivity index (χ0v) is 13.5. The smallest absolute Gasteiger partial charge is 0.303 e. The summed E-state index contributed by atoms with van der Waals surface area (Å²) in [6.45, 7) is 3.18. The van der Waals surface area contributed by atoms with E-state index in [1.165, 1.54) is 20.3 Å². The highest BCUT2D eigenvalue weighted by atomic mass is 19.1. The van der Waals surface area contributed by atoms with E-state index in [4.69, 9.17) is 14.6 Å². The Morgan fingerprint density at radius 1 is 1.39 bits per heavy atom. The van der Waals surface area contributed by atoms with Gasteiger partial charge < -0.3 is 19.9 Å². The molecule has 0 unspecified atom stereocenters. The van der Waals surface area contributed by atoms with Crippen molar-refractivity contribution in [1.82, 2.24) is 10.2 Å². The van der Waals surface area contributed by atoms with E-state index in [0.29, 0.717) is 36.7 Å². The van der Waals surface area contributed by atoms with Gasteiger partial charge in [0.05, 0.1) is 20.6 Å². The Bertz CT molecular complexity index is 553. The van der Waals surface area contributed by atoms with Crippen LogP contribution in [0.3, 0.4) is 0 Å². The van der Waals surface area contributed by atoms with Gasteiger partial charge in [-0.05, 0) is 18.5 Å². The number of methoxy groups -OCH3 is 2. The average molecular weight is 326 g/mol. The summed E-state index contributed by atoms with van der Waals surface area (Å²) in [4.78, 5) is 13.0. The van der Waals surface area contributed by atoms with Crippen molar-refractivity contribution in [3.8, 4) is 11.5 Å². The summed E-state index contributed by atoms with van der Waals surface area (Å²) in [5.41, 5.74) is 0.513. The van der Waals surface area contributed by atoms with Gasteiger partial charge in [0.15, 0.2) is 11.5 Å². The first-order valence-electron chi connectivity index (χ1n) is 7.58. The lowest BCUT2D eigenvalue weighted by molar-refractivity contribution is -0.138. The standard InChI is InChI=1S/C16H23FN2O4/c1-22-14-6-12(13(17)7-15(14)23-2)10-19-4-3-18-8-11(9-19)5-16(20)21/h6-7,11,18H,3-5,8-10H2,1-2H3,(H,20,21)/t11-/m1/s1. The summed E-state index contributed by atoms with van der Waals surface area (Å²) in [6.07, 6.45) is 0.109. The zero-order valence-electron chi connectivity index (χ0n) is 13.5. The molecule has 1 aromatic carbocycles. The molecule has 128 valence electrons. The van der Waals surface area contributed by atoms with Crippen molar-refractivity contribution >= 4 is 5.97 Å². The fraction of sp³-hybridized carbons (Fsp3) is 0.562. The first-order valence-corrected chi connectivity index (χ1v) is 7.58. The molecule has 6 nitrogen and oxygen atoms in total. The highest BCUT2D eigenvalue weighted by molar-refractivity contribution is 5.67. The molecule has 0 bridgehead atoms. The largest absolute Gasteiger partial charge is 0.493 e. The monoisotopic (exact) mass is 326 g/mol. The lowest BCUT2D eigenvalue weighted by atomic mass is 10.0. The van der Waals surface area contributed by atoms with Gasteiger partial charge in [-0.1, -0.05) is 0 Å². The number of aliphatic carboxylic acids is 1. The third-order valence-corrected chi connectivity index (χ3v) is 3.96. The molecule has 0 aliphatic carbocycles. The predicted molar refractivity (Wildman–Crippen MR) is 83.4 cm³/mol. The van der Waals surface area contributed by atoms with Crippen LogP contribution in [-0.4, -0.2) is 56.4 Å². The molecular formula is C16H23FN2O4. The Morgan fingerprint density at radius 2 is 2.09 bits per heavy atom. The van der Waals surface area contributed by atoms with Crippen molar-refractivity contribution in [2.45, 2.75) is 13.0 Å². The molecular weight excluding hydrogens is 303 g/mol. The molecule has 2 N–H and O–H groups in total. The Kier molecular flexibility index (Phi) is 6.18. The van der Waals surface area contributed by atoms with E-state index in [2.05, 4.69) is 10.2 Å². The summed E-state index contributed by atoms with van der Waals surface area (Å²) in [7, 11) is 2.98. The lowest BCUT2D eigenvalue weighted by Gasteiger charge is -2.23. The van der Waals surface area contributed by atoms with Crippen LogP contribution in [0.2, 0.25) is 0 Å². The van der Waals surface area contributed by atoms with Crippen molar-refractivity contribution in [3.63, 3.8) is 0 Å². The fourth-order valence-corrected chi connectivity index (χ4v) is 2.85. The van der Waals surface area contributed by atoms with Crippen molar-refractivity contribution < 1.29 is 23.8 Å². The summed E-state index contributed by atoms with van der Waals surface area (Å²) in [5, 5.41) is 12.2. The van der Waals surface area contributed by atoms with Gasteiger partial charge in [-0.3, -0.25) is 9.69 Å². The number of hydrogen-bond donors (Lipinski definition) is 2. The van der Waals surface area contributed by atoms with Gasteiger partial charge in [0.2, 0.25) is 0 Å². The van der Waals surface area contributed by atoms with Gasteiger partial charge in [0.25, 0.3) is 0 Å². The zero-order chi connectivity index (χ0) is 16.8. The van der Waals surface area contributed by atoms with Gasteiger partial charge >= 0.3 is 5.97 Å². The minimum atomic E-state index is -0.809. The summed E-state index contributed by atoms with van der Waals surface area (Å²) in [5.74, 6) is -0.308. The first-order chi connectivity index (χ1) is 11.0. The van der Waals surface area contributed by atoms with Gasteiger partial charge in [0, 0.05) is 37.8 Å². The van der Waals surface area contributed by atoms with Gasteiger partial charge in [0.1, 0.15) is 5.82 Å². The molecule has 0 amide bonds. The van der Waals surface area contributed by atoms with E-state index in [0.717, 1.165) is 13.1 Å². The first kappa shape index (κ1) is 17.5. The molecule has 1 aromatic rings. The van der Waals surface area contributed by atoms with Crippen molar-refractivity contribution in [1.29, 1.82) is 0 Å². The molecule has 1 aliphatic rings. The maximum absolute atomic E-state index is 14.2. The Hall–Kier alpha value is -1.86. The van der Waals surface area contributed by atoms with Gasteiger partial charge in [-0.2, -0.15) is 0 Å². The number of carboxylic acid groups (broad SMARTS) is 1. The van der Waals surface area contributed by atoms with Crippen LogP contribution in [0.4, 0.5) is 4.39 Å². The van der Waals surface area contributed by atoms with Crippen LogP contribution in [0.5, 0.6) is 11.5 Å². The van der Waals surface area contributed by atoms with E-state index in [9.17, 15) is 9.18 Å². The Balaban J connectivity index is 2.12. The normalized spacial score (nSPS) is 19.2. The number of ether oxygens (including phenoxy) is 2. The van der Waals surface area contributed by atoms with E-state index in [1.807, 2.05) is 0 Å². The van der Waals surface area contributed by atoms with E-state index >= 15 is 0 Å². The van der Waals surface area contributed by atoms with Crippen LogP contribution in [0, 0.1) is 11.7 Å². The van der Waals surface area contributed by atoms with Crippen molar-refractivity contribution in [2.75, 3.05) is 40.4 Å². The molecule has 1 atom stereocenters. The number of carbonyl (C=O) groups is 1. The van der Waals surface area contributed by atoms with E-state index in [1.54, 1.807) is 6.07 Å². The minimum absolute atomic E-state index is 0.0122. The number of nitrogens with one attached hydrogen (secondary N) is 1. The fourth-order valence-electron chi connectivity index (χ4n) is 2.85. The lowest BCUT2D eigenvalue weighted by Crippen LogP contribution is -2.31. The molecule has 7 heteroatoms. The summed E-state index contributed by atoms with van der Waals surface area (Å²) < 4.78 is 24.6. The quantitative estimate of drug-likeness (QED) is 0.822. The molecule has 1 heterocycles. The maximum atomic E-state index is 14.2. The van der Waals surface area contributed by atoms with Crippen molar-refractivity contribution in [2.24, 2.45) is 5.92 Å².